The average molecular weight is 477 g/mol. The van der Waals surface area contributed by atoms with E-state index in [1.165, 1.54) is 11.1 Å². The summed E-state index contributed by atoms with van der Waals surface area (Å²) in [6.07, 6.45) is 2.69. The van der Waals surface area contributed by atoms with E-state index in [1.54, 1.807) is 4.90 Å². The molecule has 2 aromatic rings. The van der Waals surface area contributed by atoms with Crippen molar-refractivity contribution in [2.24, 2.45) is 11.8 Å². The first-order chi connectivity index (χ1) is 16.9. The third-order valence-corrected chi connectivity index (χ3v) is 7.88. The molecule has 0 radical (unpaired) electrons. The van der Waals surface area contributed by atoms with E-state index in [0.29, 0.717) is 38.1 Å². The van der Waals surface area contributed by atoms with Crippen LogP contribution >= 0.6 is 0 Å². The normalized spacial score (nSPS) is 25.6. The first-order valence-corrected chi connectivity index (χ1v) is 12.6. The molecule has 2 aromatic carbocycles. The number of fused-ring (bicyclic) bond motifs is 3. The van der Waals surface area contributed by atoms with Gasteiger partial charge in [-0.05, 0) is 60.3 Å². The fourth-order valence-corrected chi connectivity index (χ4v) is 6.02. The van der Waals surface area contributed by atoms with Crippen molar-refractivity contribution in [3.63, 3.8) is 0 Å². The Kier molecular flexibility index (Phi) is 6.50. The van der Waals surface area contributed by atoms with Crippen molar-refractivity contribution in [3.05, 3.63) is 59.7 Å². The van der Waals surface area contributed by atoms with Crippen LogP contribution in [0, 0.1) is 11.8 Å². The van der Waals surface area contributed by atoms with Crippen LogP contribution < -0.4 is 5.32 Å². The van der Waals surface area contributed by atoms with Crippen molar-refractivity contribution in [2.75, 3.05) is 13.2 Å². The van der Waals surface area contributed by atoms with Gasteiger partial charge in [-0.3, -0.25) is 4.79 Å². The van der Waals surface area contributed by atoms with Gasteiger partial charge in [-0.2, -0.15) is 0 Å². The maximum atomic E-state index is 13.1. The molecule has 0 bridgehead atoms. The molecule has 2 fully saturated rings. The number of carboxylic acid groups (broad SMARTS) is 1. The number of nitrogens with one attached hydrogen (secondary N) is 1. The minimum absolute atomic E-state index is 0.000463. The SMILES string of the molecule is CC1CCN(C(=O)C2CCC(NC(=O)OCC3c4ccccc4-c4ccccc43)C2)C(C(=O)O)C1. The molecule has 2 aliphatic carbocycles. The van der Waals surface area contributed by atoms with Gasteiger partial charge in [0.2, 0.25) is 5.91 Å². The molecule has 1 heterocycles. The van der Waals surface area contributed by atoms with Gasteiger partial charge in [0.05, 0.1) is 0 Å². The van der Waals surface area contributed by atoms with Crippen LogP contribution in [0.2, 0.25) is 0 Å². The lowest BCUT2D eigenvalue weighted by Crippen LogP contribution is -2.51. The second-order valence-electron chi connectivity index (χ2n) is 10.2. The van der Waals surface area contributed by atoms with E-state index in [9.17, 15) is 19.5 Å². The molecule has 0 spiro atoms. The Hall–Kier alpha value is -3.35. The zero-order valence-electron chi connectivity index (χ0n) is 20.0. The van der Waals surface area contributed by atoms with Gasteiger partial charge in [-0.15, -0.1) is 0 Å². The second kappa shape index (κ2) is 9.72. The monoisotopic (exact) mass is 476 g/mol. The fraction of sp³-hybridized carbons (Fsp3) is 0.464. The van der Waals surface area contributed by atoms with Crippen LogP contribution in [0.5, 0.6) is 0 Å². The van der Waals surface area contributed by atoms with Crippen LogP contribution in [0.1, 0.15) is 56.1 Å². The quantitative estimate of drug-likeness (QED) is 0.667. The Balaban J connectivity index is 1.16. The highest BCUT2D eigenvalue weighted by Gasteiger charge is 2.40. The van der Waals surface area contributed by atoms with E-state index in [4.69, 9.17) is 4.74 Å². The highest BCUT2D eigenvalue weighted by atomic mass is 16.5. The highest BCUT2D eigenvalue weighted by molar-refractivity contribution is 5.85. The van der Waals surface area contributed by atoms with Crippen LogP contribution in [0.25, 0.3) is 11.1 Å². The Morgan fingerprint density at radius 2 is 1.63 bits per heavy atom. The number of hydrogen-bond donors (Lipinski definition) is 2. The first kappa shape index (κ1) is 23.4. The molecule has 1 aliphatic heterocycles. The molecule has 5 rings (SSSR count). The Bertz CT molecular complexity index is 1090. The standard InChI is InChI=1S/C28H32N2O5/c1-17-12-13-30(25(14-17)27(32)33)26(31)18-10-11-19(15-18)29-28(34)35-16-24-22-8-4-2-6-20(22)21-7-3-5-9-23(21)24/h2-9,17-19,24-25H,10-16H2,1H3,(H,29,34)(H,32,33). The van der Waals surface area contributed by atoms with E-state index in [0.717, 1.165) is 17.5 Å². The summed E-state index contributed by atoms with van der Waals surface area (Å²) < 4.78 is 5.65. The zero-order valence-corrected chi connectivity index (χ0v) is 20.0. The summed E-state index contributed by atoms with van der Waals surface area (Å²) in [6, 6.07) is 15.5. The topological polar surface area (TPSA) is 95.9 Å². The molecule has 4 atom stereocenters. The number of benzene rings is 2. The molecule has 3 aliphatic rings. The lowest BCUT2D eigenvalue weighted by molar-refractivity contribution is -0.154. The van der Waals surface area contributed by atoms with Gasteiger partial charge >= 0.3 is 12.1 Å². The third kappa shape index (κ3) is 4.64. The Labute approximate surface area is 205 Å². The van der Waals surface area contributed by atoms with Crippen LogP contribution in [0.15, 0.2) is 48.5 Å². The molecule has 0 aromatic heterocycles. The van der Waals surface area contributed by atoms with E-state index in [-0.39, 0.29) is 30.4 Å². The highest BCUT2D eigenvalue weighted by Crippen LogP contribution is 2.44. The second-order valence-corrected chi connectivity index (χ2v) is 10.2. The smallest absolute Gasteiger partial charge is 0.407 e. The van der Waals surface area contributed by atoms with Gasteiger partial charge < -0.3 is 20.1 Å². The van der Waals surface area contributed by atoms with Crippen molar-refractivity contribution < 1.29 is 24.2 Å². The molecule has 7 heteroatoms. The van der Waals surface area contributed by atoms with Crippen molar-refractivity contribution in [2.45, 2.75) is 57.0 Å². The molecular weight excluding hydrogens is 444 g/mol. The molecular formula is C28H32N2O5. The van der Waals surface area contributed by atoms with Crippen molar-refractivity contribution in [3.8, 4) is 11.1 Å². The van der Waals surface area contributed by atoms with Gasteiger partial charge in [0.15, 0.2) is 0 Å². The number of ether oxygens (including phenoxy) is 1. The number of piperidine rings is 1. The first-order valence-electron chi connectivity index (χ1n) is 12.6. The molecule has 1 saturated carbocycles. The minimum atomic E-state index is -0.934. The Morgan fingerprint density at radius 1 is 0.971 bits per heavy atom. The summed E-state index contributed by atoms with van der Waals surface area (Å²) in [7, 11) is 0. The summed E-state index contributed by atoms with van der Waals surface area (Å²) in [5.41, 5.74) is 4.69. The predicted molar refractivity (Wildman–Crippen MR) is 131 cm³/mol. The number of likely N-dealkylation sites (tertiary alicyclic amines) is 1. The molecule has 35 heavy (non-hydrogen) atoms. The predicted octanol–water partition coefficient (Wildman–Crippen LogP) is 4.41. The molecule has 4 unspecified atom stereocenters. The van der Waals surface area contributed by atoms with Crippen LogP contribution in [0.4, 0.5) is 4.79 Å². The molecule has 2 N–H and O–H groups in total. The molecule has 7 nitrogen and oxygen atoms in total. The van der Waals surface area contributed by atoms with Crippen molar-refractivity contribution >= 4 is 18.0 Å². The lowest BCUT2D eigenvalue weighted by Gasteiger charge is -2.37. The lowest BCUT2D eigenvalue weighted by atomic mass is 9.91. The van der Waals surface area contributed by atoms with Crippen molar-refractivity contribution in [1.29, 1.82) is 0 Å². The van der Waals surface area contributed by atoms with Gasteiger partial charge in [0.25, 0.3) is 0 Å². The van der Waals surface area contributed by atoms with Gasteiger partial charge in [-0.25, -0.2) is 9.59 Å². The van der Waals surface area contributed by atoms with E-state index >= 15 is 0 Å². The van der Waals surface area contributed by atoms with Crippen molar-refractivity contribution in [1.82, 2.24) is 10.2 Å². The Morgan fingerprint density at radius 3 is 2.29 bits per heavy atom. The molecule has 2 amide bonds. The number of rotatable bonds is 5. The average Bonchev–Trinajstić information content (AvgIpc) is 3.45. The number of carboxylic acids is 1. The molecule has 1 saturated heterocycles. The van der Waals surface area contributed by atoms with E-state index in [1.807, 2.05) is 31.2 Å². The largest absolute Gasteiger partial charge is 0.480 e. The van der Waals surface area contributed by atoms with E-state index in [2.05, 4.69) is 29.6 Å². The van der Waals surface area contributed by atoms with Gasteiger partial charge in [-0.1, -0.05) is 55.5 Å². The number of nitrogens with zero attached hydrogens (tertiary/aromatic N) is 1. The summed E-state index contributed by atoms with van der Waals surface area (Å²) in [6.45, 7) is 2.76. The van der Waals surface area contributed by atoms with Gasteiger partial charge in [0, 0.05) is 24.4 Å². The van der Waals surface area contributed by atoms with Crippen LogP contribution in [-0.2, 0) is 14.3 Å². The maximum Gasteiger partial charge on any atom is 0.407 e. The van der Waals surface area contributed by atoms with Gasteiger partial charge in [0.1, 0.15) is 12.6 Å². The van der Waals surface area contributed by atoms with Crippen LogP contribution in [-0.4, -0.2) is 53.2 Å². The summed E-state index contributed by atoms with van der Waals surface area (Å²) in [5, 5.41) is 12.5. The summed E-state index contributed by atoms with van der Waals surface area (Å²) >= 11 is 0. The zero-order chi connectivity index (χ0) is 24.5. The number of aliphatic carboxylic acids is 1. The molecule has 184 valence electrons. The number of hydrogen-bond acceptors (Lipinski definition) is 4. The van der Waals surface area contributed by atoms with E-state index < -0.39 is 18.1 Å². The maximum absolute atomic E-state index is 13.1. The number of amides is 2. The summed E-state index contributed by atoms with van der Waals surface area (Å²) in [4.78, 5) is 39.0. The third-order valence-electron chi connectivity index (χ3n) is 7.88. The summed E-state index contributed by atoms with van der Waals surface area (Å²) in [5.74, 6) is -0.992. The number of carbonyl (C=O) groups is 3. The van der Waals surface area contributed by atoms with Crippen LogP contribution in [0.3, 0.4) is 0 Å². The number of alkyl carbamates (subject to hydrolysis) is 1. The number of carbonyl (C=O) groups excluding carboxylic acids is 2. The fourth-order valence-electron chi connectivity index (χ4n) is 6.02. The minimum Gasteiger partial charge on any atom is -0.480 e.